The molecule has 1 rings (SSSR count). The standard InChI is InChI=1S/C16H25/c1-2-3-4-5-6-7-8-10-13-16-14-11-9-12-15-16/h9,11,14-15H,2-8,10,13H2,1H3. The van der Waals surface area contributed by atoms with Gasteiger partial charge in [0, 0.05) is 0 Å². The average Bonchev–Trinajstić information content (AvgIpc) is 2.34. The van der Waals surface area contributed by atoms with E-state index in [0.29, 0.717) is 0 Å². The minimum absolute atomic E-state index is 1.23. The molecule has 0 bridgehead atoms. The van der Waals surface area contributed by atoms with Crippen molar-refractivity contribution in [3.8, 4) is 0 Å². The van der Waals surface area contributed by atoms with E-state index >= 15 is 0 Å². The number of unbranched alkanes of at least 4 members (excludes halogenated alkanes) is 7. The molecule has 1 aromatic rings. The van der Waals surface area contributed by atoms with Gasteiger partial charge in [-0.1, -0.05) is 76.1 Å². The normalized spacial score (nSPS) is 10.6. The number of rotatable bonds is 9. The van der Waals surface area contributed by atoms with E-state index in [0.717, 1.165) is 0 Å². The van der Waals surface area contributed by atoms with Gasteiger partial charge in [-0.2, -0.15) is 0 Å². The lowest BCUT2D eigenvalue weighted by molar-refractivity contribution is 0.575. The molecule has 0 aliphatic heterocycles. The van der Waals surface area contributed by atoms with E-state index in [9.17, 15) is 0 Å². The van der Waals surface area contributed by atoms with Crippen molar-refractivity contribution in [2.45, 2.75) is 64.7 Å². The highest BCUT2D eigenvalue weighted by atomic mass is 14.0. The van der Waals surface area contributed by atoms with E-state index < -0.39 is 0 Å². The average molecular weight is 217 g/mol. The summed E-state index contributed by atoms with van der Waals surface area (Å²) in [6.07, 6.45) is 12.4. The van der Waals surface area contributed by atoms with Gasteiger partial charge in [0.25, 0.3) is 0 Å². The van der Waals surface area contributed by atoms with Gasteiger partial charge in [-0.05, 0) is 24.5 Å². The lowest BCUT2D eigenvalue weighted by Gasteiger charge is -2.02. The van der Waals surface area contributed by atoms with Crippen LogP contribution < -0.4 is 0 Å². The summed E-state index contributed by atoms with van der Waals surface area (Å²) >= 11 is 0. The monoisotopic (exact) mass is 217 g/mol. The topological polar surface area (TPSA) is 0 Å². The van der Waals surface area contributed by atoms with Crippen molar-refractivity contribution in [3.63, 3.8) is 0 Å². The zero-order chi connectivity index (χ0) is 11.5. The van der Waals surface area contributed by atoms with Gasteiger partial charge in [0.05, 0.1) is 0 Å². The Hall–Kier alpha value is -0.780. The highest BCUT2D eigenvalue weighted by Gasteiger charge is 1.93. The van der Waals surface area contributed by atoms with Crippen molar-refractivity contribution in [2.75, 3.05) is 0 Å². The molecule has 0 aliphatic carbocycles. The van der Waals surface area contributed by atoms with E-state index in [4.69, 9.17) is 0 Å². The molecular formula is C16H25. The Morgan fingerprint density at radius 1 is 0.938 bits per heavy atom. The summed E-state index contributed by atoms with van der Waals surface area (Å²) in [4.78, 5) is 0. The molecule has 0 aromatic heterocycles. The molecule has 0 nitrogen and oxygen atoms in total. The fourth-order valence-electron chi connectivity index (χ4n) is 2.05. The molecule has 16 heavy (non-hydrogen) atoms. The fourth-order valence-corrected chi connectivity index (χ4v) is 2.05. The van der Waals surface area contributed by atoms with Crippen LogP contribution in [0.2, 0.25) is 0 Å². The zero-order valence-electron chi connectivity index (χ0n) is 10.7. The Labute approximate surface area is 101 Å². The van der Waals surface area contributed by atoms with Gasteiger partial charge >= 0.3 is 0 Å². The fraction of sp³-hybridized carbons (Fsp3) is 0.625. The van der Waals surface area contributed by atoms with Crippen LogP contribution in [0.25, 0.3) is 0 Å². The SMILES string of the molecule is CCCCCCCCCCc1c[c]ccc1. The summed E-state index contributed by atoms with van der Waals surface area (Å²) < 4.78 is 0. The molecule has 0 heteroatoms. The lowest BCUT2D eigenvalue weighted by Crippen LogP contribution is -1.85. The molecule has 1 aromatic carbocycles. The number of hydrogen-bond donors (Lipinski definition) is 0. The van der Waals surface area contributed by atoms with E-state index in [1.54, 1.807) is 0 Å². The van der Waals surface area contributed by atoms with Gasteiger partial charge in [-0.25, -0.2) is 0 Å². The second-order valence-corrected chi connectivity index (χ2v) is 4.64. The molecule has 0 atom stereocenters. The Bertz CT molecular complexity index is 237. The van der Waals surface area contributed by atoms with Crippen molar-refractivity contribution in [1.82, 2.24) is 0 Å². The number of hydrogen-bond acceptors (Lipinski definition) is 0. The maximum Gasteiger partial charge on any atom is -0.0181 e. The molecular weight excluding hydrogens is 192 g/mol. The van der Waals surface area contributed by atoms with Gasteiger partial charge in [-0.3, -0.25) is 0 Å². The van der Waals surface area contributed by atoms with Crippen LogP contribution in [-0.2, 0) is 6.42 Å². The Morgan fingerprint density at radius 2 is 1.62 bits per heavy atom. The Balaban J connectivity index is 1.89. The van der Waals surface area contributed by atoms with E-state index in [2.05, 4.69) is 31.2 Å². The van der Waals surface area contributed by atoms with Gasteiger partial charge in [-0.15, -0.1) is 0 Å². The van der Waals surface area contributed by atoms with Gasteiger partial charge in [0.2, 0.25) is 0 Å². The van der Waals surface area contributed by atoms with Crippen LogP contribution >= 0.6 is 0 Å². The second kappa shape index (κ2) is 9.45. The zero-order valence-corrected chi connectivity index (χ0v) is 10.7. The molecule has 0 spiro atoms. The number of aryl methyl sites for hydroxylation is 1. The highest BCUT2D eigenvalue weighted by Crippen LogP contribution is 2.10. The van der Waals surface area contributed by atoms with Gasteiger partial charge in [0.15, 0.2) is 0 Å². The summed E-state index contributed by atoms with van der Waals surface area (Å²) in [5, 5.41) is 0. The van der Waals surface area contributed by atoms with E-state index in [1.807, 2.05) is 6.07 Å². The van der Waals surface area contributed by atoms with Gasteiger partial charge < -0.3 is 0 Å². The minimum atomic E-state index is 1.23. The molecule has 0 saturated heterocycles. The summed E-state index contributed by atoms with van der Waals surface area (Å²) in [5.74, 6) is 0. The van der Waals surface area contributed by atoms with Crippen molar-refractivity contribution >= 4 is 0 Å². The number of benzene rings is 1. The molecule has 0 saturated carbocycles. The summed E-state index contributed by atoms with van der Waals surface area (Å²) in [7, 11) is 0. The first-order valence-corrected chi connectivity index (χ1v) is 6.88. The second-order valence-electron chi connectivity index (χ2n) is 4.64. The third-order valence-electron chi connectivity index (χ3n) is 3.09. The summed E-state index contributed by atoms with van der Waals surface area (Å²) in [5.41, 5.74) is 1.44. The van der Waals surface area contributed by atoms with Crippen LogP contribution in [0, 0.1) is 6.07 Å². The van der Waals surface area contributed by atoms with E-state index in [1.165, 1.54) is 63.4 Å². The molecule has 89 valence electrons. The third-order valence-corrected chi connectivity index (χ3v) is 3.09. The smallest absolute Gasteiger partial charge is 0.0181 e. The lowest BCUT2D eigenvalue weighted by atomic mass is 10.0. The molecule has 0 amide bonds. The van der Waals surface area contributed by atoms with Crippen molar-refractivity contribution in [1.29, 1.82) is 0 Å². The van der Waals surface area contributed by atoms with Gasteiger partial charge in [0.1, 0.15) is 0 Å². The van der Waals surface area contributed by atoms with Crippen LogP contribution in [-0.4, -0.2) is 0 Å². The van der Waals surface area contributed by atoms with Crippen molar-refractivity contribution in [3.05, 3.63) is 35.9 Å². The predicted molar refractivity (Wildman–Crippen MR) is 71.6 cm³/mol. The van der Waals surface area contributed by atoms with Crippen LogP contribution in [0.4, 0.5) is 0 Å². The van der Waals surface area contributed by atoms with Crippen LogP contribution in [0.3, 0.4) is 0 Å². The largest absolute Gasteiger partial charge is 0.0654 e. The predicted octanol–water partition coefficient (Wildman–Crippen LogP) is 5.17. The maximum atomic E-state index is 3.14. The molecule has 0 N–H and O–H groups in total. The molecule has 0 unspecified atom stereocenters. The minimum Gasteiger partial charge on any atom is -0.0654 e. The Morgan fingerprint density at radius 3 is 2.25 bits per heavy atom. The first kappa shape index (κ1) is 13.3. The third kappa shape index (κ3) is 6.66. The molecule has 0 fully saturated rings. The molecule has 0 heterocycles. The first-order chi connectivity index (χ1) is 7.93. The molecule has 0 aliphatic rings. The van der Waals surface area contributed by atoms with Crippen LogP contribution in [0.1, 0.15) is 63.9 Å². The summed E-state index contributed by atoms with van der Waals surface area (Å²) in [6, 6.07) is 11.5. The molecule has 1 radical (unpaired) electrons. The van der Waals surface area contributed by atoms with Crippen molar-refractivity contribution < 1.29 is 0 Å². The van der Waals surface area contributed by atoms with Crippen molar-refractivity contribution in [2.24, 2.45) is 0 Å². The maximum absolute atomic E-state index is 3.14. The quantitative estimate of drug-likeness (QED) is 0.501. The summed E-state index contributed by atoms with van der Waals surface area (Å²) in [6.45, 7) is 2.27. The first-order valence-electron chi connectivity index (χ1n) is 6.88. The van der Waals surface area contributed by atoms with E-state index in [-0.39, 0.29) is 0 Å². The highest BCUT2D eigenvalue weighted by molar-refractivity contribution is 5.13. The van der Waals surface area contributed by atoms with Crippen LogP contribution in [0.5, 0.6) is 0 Å². The Kier molecular flexibility index (Phi) is 7.84. The van der Waals surface area contributed by atoms with Crippen LogP contribution in [0.15, 0.2) is 24.3 Å².